The largest absolute Gasteiger partial charge is 0.332 e. The van der Waals surface area contributed by atoms with Gasteiger partial charge >= 0.3 is 15.2 Å². The van der Waals surface area contributed by atoms with E-state index in [0.29, 0.717) is 6.42 Å². The molecule has 0 bridgehead atoms. The number of unbranched alkanes of at least 4 members (excludes halogenated alkanes) is 9. The van der Waals surface area contributed by atoms with Crippen LogP contribution in [0.25, 0.3) is 0 Å². The molecule has 0 heterocycles. The SMILES string of the molecule is CCCCCCCCCCCCP(=O)(CP(=O)(O)O)CP(=O)(O)O. The number of rotatable bonds is 15. The van der Waals surface area contributed by atoms with Gasteiger partial charge in [0, 0.05) is 6.16 Å². The summed E-state index contributed by atoms with van der Waals surface area (Å²) in [5.41, 5.74) is 0. The zero-order valence-corrected chi connectivity index (χ0v) is 17.2. The van der Waals surface area contributed by atoms with Crippen molar-refractivity contribution in [3.8, 4) is 0 Å². The molecule has 0 unspecified atom stereocenters. The van der Waals surface area contributed by atoms with Crippen molar-refractivity contribution in [3.63, 3.8) is 0 Å². The molecule has 0 aliphatic carbocycles. The first kappa shape index (κ1) is 24.5. The van der Waals surface area contributed by atoms with Gasteiger partial charge in [0.15, 0.2) is 0 Å². The van der Waals surface area contributed by atoms with Crippen LogP contribution in [0.3, 0.4) is 0 Å². The van der Waals surface area contributed by atoms with Crippen LogP contribution in [-0.2, 0) is 13.7 Å². The van der Waals surface area contributed by atoms with Crippen molar-refractivity contribution < 1.29 is 33.3 Å². The second-order valence-electron chi connectivity index (χ2n) is 6.58. The molecule has 0 radical (unpaired) electrons. The first-order chi connectivity index (χ1) is 11.0. The number of hydrogen-bond donors (Lipinski definition) is 4. The van der Waals surface area contributed by atoms with Crippen LogP contribution in [0.15, 0.2) is 0 Å². The smallest absolute Gasteiger partial charge is 0.324 e. The summed E-state index contributed by atoms with van der Waals surface area (Å²) in [6.45, 7) is 2.18. The first-order valence-electron chi connectivity index (χ1n) is 8.64. The Morgan fingerprint density at radius 1 is 0.583 bits per heavy atom. The average molecular weight is 406 g/mol. The van der Waals surface area contributed by atoms with Gasteiger partial charge in [0.05, 0.1) is 0 Å². The van der Waals surface area contributed by atoms with E-state index in [-0.39, 0.29) is 6.16 Å². The normalized spacial score (nSPS) is 13.4. The summed E-state index contributed by atoms with van der Waals surface area (Å²) in [6.07, 6.45) is 10.6. The van der Waals surface area contributed by atoms with E-state index in [0.717, 1.165) is 25.7 Å². The summed E-state index contributed by atoms with van der Waals surface area (Å²) in [7, 11) is -12.7. The summed E-state index contributed by atoms with van der Waals surface area (Å²) in [5, 5.41) is 0. The monoisotopic (exact) mass is 406 g/mol. The predicted molar refractivity (Wildman–Crippen MR) is 98.1 cm³/mol. The molecule has 0 amide bonds. The molecule has 7 nitrogen and oxygen atoms in total. The topological polar surface area (TPSA) is 132 Å². The van der Waals surface area contributed by atoms with Crippen LogP contribution in [0.1, 0.15) is 71.1 Å². The Labute approximate surface area is 145 Å². The minimum Gasteiger partial charge on any atom is -0.324 e. The minimum absolute atomic E-state index is 0.0142. The maximum absolute atomic E-state index is 12.5. The zero-order chi connectivity index (χ0) is 18.7. The third-order valence-corrected chi connectivity index (χ3v) is 12.0. The summed E-state index contributed by atoms with van der Waals surface area (Å²) in [5.74, 6) is -1.83. The van der Waals surface area contributed by atoms with Gasteiger partial charge < -0.3 is 24.1 Å². The highest BCUT2D eigenvalue weighted by Gasteiger charge is 2.36. The predicted octanol–water partition coefficient (Wildman–Crippen LogP) is 4.54. The van der Waals surface area contributed by atoms with Crippen LogP contribution in [0.2, 0.25) is 0 Å². The average Bonchev–Trinajstić information content (AvgIpc) is 2.36. The van der Waals surface area contributed by atoms with Crippen molar-refractivity contribution in [2.45, 2.75) is 71.1 Å². The maximum Gasteiger partial charge on any atom is 0.332 e. The van der Waals surface area contributed by atoms with Gasteiger partial charge in [-0.05, 0) is 6.42 Å². The molecule has 4 N–H and O–H groups in total. The van der Waals surface area contributed by atoms with Gasteiger partial charge in [-0.3, -0.25) is 9.13 Å². The molecule has 0 aliphatic rings. The molecule has 0 aliphatic heterocycles. The second-order valence-corrected chi connectivity index (χ2v) is 14.1. The molecule has 0 atom stereocenters. The van der Waals surface area contributed by atoms with E-state index in [9.17, 15) is 13.7 Å². The fraction of sp³-hybridized carbons (Fsp3) is 1.00. The lowest BCUT2D eigenvalue weighted by molar-refractivity contribution is 0.378. The second kappa shape index (κ2) is 12.0. The molecule has 0 rings (SSSR count). The Bertz CT molecular complexity index is 441. The van der Waals surface area contributed by atoms with Gasteiger partial charge in [0.25, 0.3) is 0 Å². The molecule has 0 spiro atoms. The highest BCUT2D eigenvalue weighted by atomic mass is 31.3. The standard InChI is InChI=1S/C14H33O7P3/c1-2-3-4-5-6-7-8-9-10-11-12-22(15,13-23(16,17)18)14-24(19,20)21/h2-14H2,1H3,(H2,16,17,18)(H2,19,20,21). The third-order valence-electron chi connectivity index (χ3n) is 3.80. The Kier molecular flexibility index (Phi) is 12.3. The van der Waals surface area contributed by atoms with Crippen molar-refractivity contribution in [2.24, 2.45) is 0 Å². The molecule has 146 valence electrons. The van der Waals surface area contributed by atoms with Crippen molar-refractivity contribution >= 4 is 22.3 Å². The van der Waals surface area contributed by atoms with Crippen LogP contribution >= 0.6 is 22.3 Å². The number of hydrogen-bond acceptors (Lipinski definition) is 3. The van der Waals surface area contributed by atoms with E-state index in [1.165, 1.54) is 32.1 Å². The first-order valence-corrected chi connectivity index (χ1v) is 14.5. The minimum atomic E-state index is -4.56. The molecule has 0 aromatic rings. The molecule has 0 saturated carbocycles. The molecule has 0 fully saturated rings. The summed E-state index contributed by atoms with van der Waals surface area (Å²) >= 11 is 0. The van der Waals surface area contributed by atoms with E-state index in [4.69, 9.17) is 19.6 Å². The Balaban J connectivity index is 4.06. The van der Waals surface area contributed by atoms with Gasteiger partial charge in [-0.25, -0.2) is 0 Å². The van der Waals surface area contributed by atoms with Gasteiger partial charge in [0.1, 0.15) is 18.9 Å². The van der Waals surface area contributed by atoms with Gasteiger partial charge in [-0.2, -0.15) is 0 Å². The van der Waals surface area contributed by atoms with Crippen LogP contribution in [0.5, 0.6) is 0 Å². The van der Waals surface area contributed by atoms with Crippen LogP contribution in [0.4, 0.5) is 0 Å². The van der Waals surface area contributed by atoms with Crippen LogP contribution in [0, 0.1) is 0 Å². The Morgan fingerprint density at radius 3 is 1.25 bits per heavy atom. The molecular formula is C14H33O7P3. The molecule has 24 heavy (non-hydrogen) atoms. The highest BCUT2D eigenvalue weighted by molar-refractivity contribution is 7.82. The lowest BCUT2D eigenvalue weighted by atomic mass is 10.1. The lowest BCUT2D eigenvalue weighted by Gasteiger charge is -2.19. The van der Waals surface area contributed by atoms with Gasteiger partial charge in [-0.15, -0.1) is 0 Å². The van der Waals surface area contributed by atoms with Crippen molar-refractivity contribution in [1.29, 1.82) is 0 Å². The van der Waals surface area contributed by atoms with Gasteiger partial charge in [-0.1, -0.05) is 64.7 Å². The maximum atomic E-state index is 12.5. The van der Waals surface area contributed by atoms with E-state index in [2.05, 4.69) is 6.92 Å². The molecule has 0 aromatic carbocycles. The molecule has 0 saturated heterocycles. The van der Waals surface area contributed by atoms with Crippen molar-refractivity contribution in [1.82, 2.24) is 0 Å². The zero-order valence-electron chi connectivity index (χ0n) is 14.5. The summed E-state index contributed by atoms with van der Waals surface area (Å²) < 4.78 is 34.7. The Hall–Kier alpha value is 0.530. The third kappa shape index (κ3) is 16.0. The fourth-order valence-corrected chi connectivity index (χ4v) is 11.2. The van der Waals surface area contributed by atoms with E-state index >= 15 is 0 Å². The van der Waals surface area contributed by atoms with E-state index in [1.54, 1.807) is 0 Å². The molecule has 10 heteroatoms. The summed E-state index contributed by atoms with van der Waals surface area (Å²) in [6, 6.07) is 0. The van der Waals surface area contributed by atoms with E-state index in [1.807, 2.05) is 0 Å². The molecular weight excluding hydrogens is 373 g/mol. The van der Waals surface area contributed by atoms with Crippen LogP contribution < -0.4 is 0 Å². The lowest BCUT2D eigenvalue weighted by Crippen LogP contribution is -2.02. The summed E-state index contributed by atoms with van der Waals surface area (Å²) in [4.78, 5) is 36.0. The quantitative estimate of drug-likeness (QED) is 0.232. The van der Waals surface area contributed by atoms with E-state index < -0.39 is 34.1 Å². The Morgan fingerprint density at radius 2 is 0.917 bits per heavy atom. The van der Waals surface area contributed by atoms with Crippen LogP contribution in [-0.4, -0.2) is 37.5 Å². The van der Waals surface area contributed by atoms with Gasteiger partial charge in [0.2, 0.25) is 0 Å². The van der Waals surface area contributed by atoms with Crippen molar-refractivity contribution in [2.75, 3.05) is 18.0 Å². The fourth-order valence-electron chi connectivity index (χ4n) is 2.75. The molecule has 0 aromatic heterocycles. The highest BCUT2D eigenvalue weighted by Crippen LogP contribution is 2.64. The van der Waals surface area contributed by atoms with Crippen molar-refractivity contribution in [3.05, 3.63) is 0 Å².